The molecule has 1 fully saturated rings. The van der Waals surface area contributed by atoms with Crippen molar-refractivity contribution in [2.24, 2.45) is 11.7 Å². The lowest BCUT2D eigenvalue weighted by Gasteiger charge is -2.41. The molecule has 120 valence electrons. The molecule has 2 unspecified atom stereocenters. The van der Waals surface area contributed by atoms with E-state index in [9.17, 15) is 0 Å². The molecule has 0 aromatic carbocycles. The summed E-state index contributed by atoms with van der Waals surface area (Å²) in [7, 11) is 0. The highest BCUT2D eigenvalue weighted by Gasteiger charge is 2.29. The van der Waals surface area contributed by atoms with Gasteiger partial charge in [-0.3, -0.25) is 4.90 Å². The first-order valence-corrected chi connectivity index (χ1v) is 9.11. The van der Waals surface area contributed by atoms with Crippen LogP contribution in [0.2, 0.25) is 0 Å². The molecule has 0 radical (unpaired) electrons. The van der Waals surface area contributed by atoms with Crippen LogP contribution in [0.1, 0.15) is 43.0 Å². The maximum atomic E-state index is 6.46. The molecular weight excluding hydrogens is 278 g/mol. The Bertz CT molecular complexity index is 421. The average molecular weight is 310 g/mol. The topological polar surface area (TPSA) is 32.5 Å². The van der Waals surface area contributed by atoms with Crippen LogP contribution in [0.3, 0.4) is 0 Å². The zero-order valence-electron chi connectivity index (χ0n) is 14.0. The lowest BCUT2D eigenvalue weighted by atomic mass is 10.0. The van der Waals surface area contributed by atoms with E-state index in [0.717, 1.165) is 25.4 Å². The van der Waals surface area contributed by atoms with Gasteiger partial charge in [0.05, 0.1) is 6.04 Å². The highest BCUT2D eigenvalue weighted by atomic mass is 32.1. The Morgan fingerprint density at radius 1 is 1.19 bits per heavy atom. The summed E-state index contributed by atoms with van der Waals surface area (Å²) in [5.74, 6) is 0.755. The van der Waals surface area contributed by atoms with E-state index in [1.54, 1.807) is 0 Å². The smallest absolute Gasteiger partial charge is 0.0594 e. The first kappa shape index (κ1) is 16.9. The minimum absolute atomic E-state index is 0.236. The van der Waals surface area contributed by atoms with Crippen molar-refractivity contribution in [1.82, 2.24) is 9.80 Å². The van der Waals surface area contributed by atoms with Gasteiger partial charge in [-0.25, -0.2) is 0 Å². The van der Waals surface area contributed by atoms with Crippen LogP contribution < -0.4 is 5.73 Å². The van der Waals surface area contributed by atoms with Crippen molar-refractivity contribution in [3.05, 3.63) is 21.9 Å². The van der Waals surface area contributed by atoms with Crippen molar-refractivity contribution in [1.29, 1.82) is 0 Å². The van der Waals surface area contributed by atoms with Gasteiger partial charge in [0.25, 0.3) is 0 Å². The molecule has 2 rings (SSSR count). The second kappa shape index (κ2) is 7.73. The van der Waals surface area contributed by atoms with Crippen LogP contribution in [0.25, 0.3) is 0 Å². The van der Waals surface area contributed by atoms with Crippen LogP contribution in [-0.4, -0.2) is 48.6 Å². The van der Waals surface area contributed by atoms with E-state index < -0.39 is 0 Å². The molecule has 1 aliphatic rings. The molecule has 3 nitrogen and oxygen atoms in total. The van der Waals surface area contributed by atoms with E-state index >= 15 is 0 Å². The van der Waals surface area contributed by atoms with Crippen LogP contribution in [0, 0.1) is 12.8 Å². The minimum atomic E-state index is 0.236. The van der Waals surface area contributed by atoms with Crippen molar-refractivity contribution in [2.45, 2.75) is 46.2 Å². The Morgan fingerprint density at radius 3 is 2.33 bits per heavy atom. The van der Waals surface area contributed by atoms with Gasteiger partial charge in [0.2, 0.25) is 0 Å². The van der Waals surface area contributed by atoms with Crippen molar-refractivity contribution in [3.8, 4) is 0 Å². The molecule has 1 aliphatic heterocycles. The zero-order valence-corrected chi connectivity index (χ0v) is 14.8. The van der Waals surface area contributed by atoms with Gasteiger partial charge in [0.15, 0.2) is 0 Å². The molecule has 2 atom stereocenters. The summed E-state index contributed by atoms with van der Waals surface area (Å²) in [6, 6.07) is 5.14. The molecule has 2 heterocycles. The summed E-state index contributed by atoms with van der Waals surface area (Å²) in [4.78, 5) is 8.03. The fourth-order valence-electron chi connectivity index (χ4n) is 3.24. The fraction of sp³-hybridized carbons (Fsp3) is 0.765. The molecule has 1 saturated heterocycles. The standard InChI is InChI=1S/C17H31N3S/c1-5-15(18)17(16-7-6-14(4)21-16)20-10-8-19(9-11-20)12-13(2)3/h6-7,13,15,17H,5,8-12,18H2,1-4H3. The van der Waals surface area contributed by atoms with Crippen molar-refractivity contribution < 1.29 is 0 Å². The van der Waals surface area contributed by atoms with Crippen molar-refractivity contribution in [2.75, 3.05) is 32.7 Å². The Kier molecular flexibility index (Phi) is 6.23. The molecule has 21 heavy (non-hydrogen) atoms. The third kappa shape index (κ3) is 4.52. The maximum Gasteiger partial charge on any atom is 0.0594 e. The zero-order chi connectivity index (χ0) is 15.4. The summed E-state index contributed by atoms with van der Waals surface area (Å²) in [6.45, 7) is 14.8. The van der Waals surface area contributed by atoms with Crippen LogP contribution in [-0.2, 0) is 0 Å². The van der Waals surface area contributed by atoms with Crippen molar-refractivity contribution >= 4 is 11.3 Å². The van der Waals surface area contributed by atoms with E-state index in [0.29, 0.717) is 6.04 Å². The minimum Gasteiger partial charge on any atom is -0.326 e. The second-order valence-corrected chi connectivity index (χ2v) is 8.02. The van der Waals surface area contributed by atoms with Crippen molar-refractivity contribution in [3.63, 3.8) is 0 Å². The summed E-state index contributed by atoms with van der Waals surface area (Å²) in [5, 5.41) is 0. The quantitative estimate of drug-likeness (QED) is 0.876. The van der Waals surface area contributed by atoms with Gasteiger partial charge in [-0.05, 0) is 31.4 Å². The molecule has 0 bridgehead atoms. The number of nitrogens with two attached hydrogens (primary N) is 1. The Hall–Kier alpha value is -0.420. The summed E-state index contributed by atoms with van der Waals surface area (Å²) in [5.41, 5.74) is 6.46. The highest BCUT2D eigenvalue weighted by molar-refractivity contribution is 7.12. The third-order valence-electron chi connectivity index (χ3n) is 4.35. The van der Waals surface area contributed by atoms with E-state index in [4.69, 9.17) is 5.73 Å². The lowest BCUT2D eigenvalue weighted by molar-refractivity contribution is 0.0789. The monoisotopic (exact) mass is 309 g/mol. The van der Waals surface area contributed by atoms with E-state index in [1.165, 1.54) is 29.4 Å². The maximum absolute atomic E-state index is 6.46. The molecule has 2 N–H and O–H groups in total. The Labute approximate surface area is 134 Å². The molecule has 0 spiro atoms. The fourth-order valence-corrected chi connectivity index (χ4v) is 4.33. The number of hydrogen-bond donors (Lipinski definition) is 1. The van der Waals surface area contributed by atoms with Crippen LogP contribution in [0.5, 0.6) is 0 Å². The Morgan fingerprint density at radius 2 is 1.86 bits per heavy atom. The molecular formula is C17H31N3S. The van der Waals surface area contributed by atoms with Crippen LogP contribution in [0.15, 0.2) is 12.1 Å². The van der Waals surface area contributed by atoms with Gasteiger partial charge in [-0.2, -0.15) is 0 Å². The molecule has 1 aromatic rings. The SMILES string of the molecule is CCC(N)C(c1ccc(C)s1)N1CCN(CC(C)C)CC1. The van der Waals surface area contributed by atoms with Gasteiger partial charge in [0, 0.05) is 48.5 Å². The summed E-state index contributed by atoms with van der Waals surface area (Å²) in [6.07, 6.45) is 1.04. The first-order chi connectivity index (χ1) is 10.0. The van der Waals surface area contributed by atoms with E-state index in [1.807, 2.05) is 11.3 Å². The van der Waals surface area contributed by atoms with Crippen LogP contribution >= 0.6 is 11.3 Å². The number of aryl methyl sites for hydroxylation is 1. The number of thiophene rings is 1. The van der Waals surface area contributed by atoms with Gasteiger partial charge in [-0.1, -0.05) is 20.8 Å². The Balaban J connectivity index is 2.02. The van der Waals surface area contributed by atoms with E-state index in [-0.39, 0.29) is 6.04 Å². The van der Waals surface area contributed by atoms with Crippen LogP contribution in [0.4, 0.5) is 0 Å². The van der Waals surface area contributed by atoms with Gasteiger partial charge in [-0.15, -0.1) is 11.3 Å². The largest absolute Gasteiger partial charge is 0.326 e. The number of hydrogen-bond acceptors (Lipinski definition) is 4. The van der Waals surface area contributed by atoms with Gasteiger partial charge in [0.1, 0.15) is 0 Å². The second-order valence-electron chi connectivity index (χ2n) is 6.70. The number of piperazine rings is 1. The molecule has 1 aromatic heterocycles. The molecule has 0 saturated carbocycles. The molecule has 4 heteroatoms. The first-order valence-electron chi connectivity index (χ1n) is 8.29. The van der Waals surface area contributed by atoms with E-state index in [2.05, 4.69) is 49.6 Å². The average Bonchev–Trinajstić information content (AvgIpc) is 2.86. The molecule has 0 aliphatic carbocycles. The highest BCUT2D eigenvalue weighted by Crippen LogP contribution is 2.31. The third-order valence-corrected chi connectivity index (χ3v) is 5.42. The number of nitrogens with zero attached hydrogens (tertiary/aromatic N) is 2. The normalized spacial score (nSPS) is 20.9. The lowest BCUT2D eigenvalue weighted by Crippen LogP contribution is -2.51. The summed E-state index contributed by atoms with van der Waals surface area (Å²) < 4.78 is 0. The van der Waals surface area contributed by atoms with Gasteiger partial charge >= 0.3 is 0 Å². The van der Waals surface area contributed by atoms with Gasteiger partial charge < -0.3 is 10.6 Å². The molecule has 0 amide bonds. The summed E-state index contributed by atoms with van der Waals surface area (Å²) >= 11 is 1.91. The number of rotatable bonds is 6. The predicted molar refractivity (Wildman–Crippen MR) is 92.9 cm³/mol. The predicted octanol–water partition coefficient (Wildman–Crippen LogP) is 3.11.